The van der Waals surface area contributed by atoms with Crippen LogP contribution in [0.1, 0.15) is 39.0 Å². The number of hydrogen-bond donors (Lipinski definition) is 3. The monoisotopic (exact) mass is 284 g/mol. The molecule has 0 heterocycles. The molecule has 0 aromatic heterocycles. The minimum absolute atomic E-state index is 0.131. The number of nitrogens with zero attached hydrogens (tertiary/aromatic N) is 1. The maximum Gasteiger partial charge on any atom is 0.325 e. The number of carbonyl (C=O) groups is 2. The summed E-state index contributed by atoms with van der Waals surface area (Å²) in [6.07, 6.45) is 7.58. The Morgan fingerprint density at radius 1 is 1.40 bits per heavy atom. The molecular formula is C14H24N2O4. The van der Waals surface area contributed by atoms with E-state index in [1.165, 1.54) is 30.2 Å². The van der Waals surface area contributed by atoms with Crippen molar-refractivity contribution in [3.05, 3.63) is 11.6 Å². The van der Waals surface area contributed by atoms with Gasteiger partial charge in [0.25, 0.3) is 0 Å². The predicted molar refractivity (Wildman–Crippen MR) is 75.5 cm³/mol. The molecule has 6 nitrogen and oxygen atoms in total. The molecule has 0 fully saturated rings. The molecule has 0 radical (unpaired) electrons. The van der Waals surface area contributed by atoms with Crippen LogP contribution in [0.25, 0.3) is 0 Å². The van der Waals surface area contributed by atoms with Gasteiger partial charge in [0.15, 0.2) is 0 Å². The van der Waals surface area contributed by atoms with Crippen molar-refractivity contribution >= 4 is 12.0 Å². The summed E-state index contributed by atoms with van der Waals surface area (Å²) in [6, 6.07) is -1.37. The van der Waals surface area contributed by atoms with E-state index in [2.05, 4.69) is 11.4 Å². The molecule has 3 N–H and O–H groups in total. The molecule has 0 saturated heterocycles. The second kappa shape index (κ2) is 8.58. The van der Waals surface area contributed by atoms with Crippen molar-refractivity contribution < 1.29 is 19.8 Å². The largest absolute Gasteiger partial charge is 0.480 e. The van der Waals surface area contributed by atoms with Gasteiger partial charge in [0.2, 0.25) is 0 Å². The molecule has 0 bridgehead atoms. The van der Waals surface area contributed by atoms with Crippen LogP contribution in [0, 0.1) is 0 Å². The third-order valence-electron chi connectivity index (χ3n) is 3.46. The molecule has 2 amide bonds. The van der Waals surface area contributed by atoms with Crippen LogP contribution >= 0.6 is 0 Å². The van der Waals surface area contributed by atoms with Crippen molar-refractivity contribution in [3.63, 3.8) is 0 Å². The lowest BCUT2D eigenvalue weighted by Gasteiger charge is -2.24. The van der Waals surface area contributed by atoms with Crippen LogP contribution in [0.15, 0.2) is 11.6 Å². The zero-order chi connectivity index (χ0) is 15.0. The smallest absolute Gasteiger partial charge is 0.325 e. The minimum atomic E-state index is -1.07. The molecular weight excluding hydrogens is 260 g/mol. The van der Waals surface area contributed by atoms with Crippen LogP contribution in [0.5, 0.6) is 0 Å². The Labute approximate surface area is 119 Å². The normalized spacial score (nSPS) is 16.2. The molecule has 114 valence electrons. The van der Waals surface area contributed by atoms with Crippen LogP contribution in [0.2, 0.25) is 0 Å². The van der Waals surface area contributed by atoms with E-state index in [0.29, 0.717) is 6.54 Å². The number of carboxylic acids is 1. The molecule has 0 aromatic carbocycles. The fraction of sp³-hybridized carbons (Fsp3) is 0.714. The van der Waals surface area contributed by atoms with Crippen LogP contribution in [0.4, 0.5) is 4.79 Å². The fourth-order valence-corrected chi connectivity index (χ4v) is 2.18. The summed E-state index contributed by atoms with van der Waals surface area (Å²) >= 11 is 0. The van der Waals surface area contributed by atoms with Gasteiger partial charge in [0, 0.05) is 13.1 Å². The number of rotatable bonds is 7. The van der Waals surface area contributed by atoms with Gasteiger partial charge < -0.3 is 20.4 Å². The third kappa shape index (κ3) is 5.61. The highest BCUT2D eigenvalue weighted by Crippen LogP contribution is 2.20. The van der Waals surface area contributed by atoms with E-state index in [-0.39, 0.29) is 13.2 Å². The van der Waals surface area contributed by atoms with Crippen LogP contribution in [-0.2, 0) is 4.79 Å². The maximum atomic E-state index is 11.9. The number of aliphatic carboxylic acids is 1. The third-order valence-corrected chi connectivity index (χ3v) is 3.46. The van der Waals surface area contributed by atoms with E-state index in [0.717, 1.165) is 19.3 Å². The first-order valence-electron chi connectivity index (χ1n) is 7.11. The Hall–Kier alpha value is -1.56. The van der Waals surface area contributed by atoms with Gasteiger partial charge in [-0.1, -0.05) is 11.6 Å². The first-order valence-corrected chi connectivity index (χ1v) is 7.11. The highest BCUT2D eigenvalue weighted by atomic mass is 16.4. The van der Waals surface area contributed by atoms with E-state index >= 15 is 0 Å². The topological polar surface area (TPSA) is 89.9 Å². The van der Waals surface area contributed by atoms with E-state index < -0.39 is 18.0 Å². The van der Waals surface area contributed by atoms with E-state index in [1.807, 2.05) is 0 Å². The van der Waals surface area contributed by atoms with Gasteiger partial charge in [0.05, 0.1) is 6.61 Å². The van der Waals surface area contributed by atoms with E-state index in [1.54, 1.807) is 0 Å². The van der Waals surface area contributed by atoms with Crippen molar-refractivity contribution in [3.8, 4) is 0 Å². The SMILES string of the molecule is CC(NC(=O)N(CCO)CCC1=CCCCC1)C(=O)O. The molecule has 1 atom stereocenters. The first-order chi connectivity index (χ1) is 9.54. The van der Waals surface area contributed by atoms with Crippen molar-refractivity contribution in [2.24, 2.45) is 0 Å². The molecule has 1 aliphatic carbocycles. The van der Waals surface area contributed by atoms with Crippen molar-refractivity contribution in [1.29, 1.82) is 0 Å². The highest BCUT2D eigenvalue weighted by molar-refractivity contribution is 5.82. The average Bonchev–Trinajstić information content (AvgIpc) is 2.44. The average molecular weight is 284 g/mol. The first kappa shape index (κ1) is 16.5. The molecule has 1 rings (SSSR count). The van der Waals surface area contributed by atoms with E-state index in [9.17, 15) is 9.59 Å². The lowest BCUT2D eigenvalue weighted by Crippen LogP contribution is -2.47. The van der Waals surface area contributed by atoms with Gasteiger partial charge in [-0.2, -0.15) is 0 Å². The van der Waals surface area contributed by atoms with Gasteiger partial charge in [-0.25, -0.2) is 4.79 Å². The minimum Gasteiger partial charge on any atom is -0.480 e. The lowest BCUT2D eigenvalue weighted by molar-refractivity contribution is -0.138. The van der Waals surface area contributed by atoms with Crippen LogP contribution in [0.3, 0.4) is 0 Å². The summed E-state index contributed by atoms with van der Waals surface area (Å²) in [5.41, 5.74) is 1.35. The Balaban J connectivity index is 2.47. The molecule has 1 aliphatic rings. The highest BCUT2D eigenvalue weighted by Gasteiger charge is 2.19. The zero-order valence-electron chi connectivity index (χ0n) is 12.0. The number of allylic oxidation sites excluding steroid dienone is 1. The van der Waals surface area contributed by atoms with Gasteiger partial charge in [-0.15, -0.1) is 0 Å². The molecule has 0 aromatic rings. The van der Waals surface area contributed by atoms with Crippen molar-refractivity contribution in [1.82, 2.24) is 10.2 Å². The second-order valence-electron chi connectivity index (χ2n) is 5.08. The summed E-state index contributed by atoms with van der Waals surface area (Å²) in [5.74, 6) is -1.07. The quantitative estimate of drug-likeness (QED) is 0.616. The standard InChI is InChI=1S/C14H24N2O4/c1-11(13(18)19)15-14(20)16(9-10-17)8-7-12-5-3-2-4-6-12/h5,11,17H,2-4,6-10H2,1H3,(H,15,20)(H,18,19). The van der Waals surface area contributed by atoms with Gasteiger partial charge in [-0.3, -0.25) is 4.79 Å². The van der Waals surface area contributed by atoms with Crippen LogP contribution < -0.4 is 5.32 Å². The number of carboxylic acid groups (broad SMARTS) is 1. The Morgan fingerprint density at radius 2 is 2.15 bits per heavy atom. The van der Waals surface area contributed by atoms with E-state index in [4.69, 9.17) is 10.2 Å². The second-order valence-corrected chi connectivity index (χ2v) is 5.08. The predicted octanol–water partition coefficient (Wildman–Crippen LogP) is 1.35. The summed E-state index contributed by atoms with van der Waals surface area (Å²) < 4.78 is 0. The van der Waals surface area contributed by atoms with Crippen molar-refractivity contribution in [2.75, 3.05) is 19.7 Å². The number of urea groups is 1. The number of carbonyl (C=O) groups excluding carboxylic acids is 1. The lowest BCUT2D eigenvalue weighted by atomic mass is 9.97. The molecule has 1 unspecified atom stereocenters. The molecule has 0 aliphatic heterocycles. The summed E-state index contributed by atoms with van der Waals surface area (Å²) in [5, 5.41) is 20.2. The molecule has 20 heavy (non-hydrogen) atoms. The van der Waals surface area contributed by atoms with Crippen molar-refractivity contribution in [2.45, 2.75) is 45.1 Å². The molecule has 6 heteroatoms. The molecule has 0 saturated carbocycles. The Morgan fingerprint density at radius 3 is 2.70 bits per heavy atom. The summed E-state index contributed by atoms with van der Waals surface area (Å²) in [7, 11) is 0. The van der Waals surface area contributed by atoms with Gasteiger partial charge in [-0.05, 0) is 39.0 Å². The zero-order valence-corrected chi connectivity index (χ0v) is 12.0. The van der Waals surface area contributed by atoms with Gasteiger partial charge in [0.1, 0.15) is 6.04 Å². The number of hydrogen-bond acceptors (Lipinski definition) is 3. The number of nitrogens with one attached hydrogen (secondary N) is 1. The number of amides is 2. The maximum absolute atomic E-state index is 11.9. The Bertz CT molecular complexity index is 368. The number of aliphatic hydroxyl groups is 1. The van der Waals surface area contributed by atoms with Crippen LogP contribution in [-0.4, -0.2) is 52.9 Å². The molecule has 0 spiro atoms. The Kier molecular flexibility index (Phi) is 7.08. The number of aliphatic hydroxyl groups excluding tert-OH is 1. The van der Waals surface area contributed by atoms with Gasteiger partial charge >= 0.3 is 12.0 Å². The fourth-order valence-electron chi connectivity index (χ4n) is 2.18. The summed E-state index contributed by atoms with van der Waals surface area (Å²) in [6.45, 7) is 2.00. The summed E-state index contributed by atoms with van der Waals surface area (Å²) in [4.78, 5) is 24.1.